The van der Waals surface area contributed by atoms with Crippen molar-refractivity contribution >= 4 is 11.7 Å². The molecule has 0 saturated carbocycles. The lowest BCUT2D eigenvalue weighted by Crippen LogP contribution is -2.49. The maximum atomic E-state index is 13.6. The molecule has 0 radical (unpaired) electrons. The fourth-order valence-corrected chi connectivity index (χ4v) is 1.70. The Morgan fingerprint density at radius 3 is 2.71 bits per heavy atom. The summed E-state index contributed by atoms with van der Waals surface area (Å²) in [5, 5.41) is 13.6. The van der Waals surface area contributed by atoms with Crippen LogP contribution in [0.15, 0.2) is 18.2 Å². The van der Waals surface area contributed by atoms with Gasteiger partial charge < -0.3 is 14.8 Å². The molecule has 0 aromatic heterocycles. The molecule has 0 amide bonds. The minimum atomic E-state index is -1.02. The summed E-state index contributed by atoms with van der Waals surface area (Å²) in [5.41, 5.74) is -1.48. The van der Waals surface area contributed by atoms with E-state index < -0.39 is 33.7 Å². The molecule has 0 spiro atoms. The summed E-state index contributed by atoms with van der Waals surface area (Å²) in [6.45, 7) is 1.51. The van der Waals surface area contributed by atoms with Crippen LogP contribution >= 0.6 is 0 Å². The third-order valence-electron chi connectivity index (χ3n) is 3.18. The number of nitro groups is 1. The Labute approximate surface area is 121 Å². The molecule has 0 fully saturated rings. The van der Waals surface area contributed by atoms with Crippen LogP contribution < -0.4 is 10.1 Å². The van der Waals surface area contributed by atoms with Gasteiger partial charge in [-0.25, -0.2) is 4.39 Å². The van der Waals surface area contributed by atoms with E-state index in [0.717, 1.165) is 12.1 Å². The predicted octanol–water partition coefficient (Wildman–Crippen LogP) is 1.65. The van der Waals surface area contributed by atoms with Gasteiger partial charge in [0.25, 0.3) is 0 Å². The highest BCUT2D eigenvalue weighted by atomic mass is 19.1. The number of hydrogen-bond donors (Lipinski definition) is 1. The molecular weight excluding hydrogens is 283 g/mol. The summed E-state index contributed by atoms with van der Waals surface area (Å²) in [5.74, 6) is -1.77. The number of nitro benzene ring substituents is 1. The van der Waals surface area contributed by atoms with Crippen molar-refractivity contribution < 1.29 is 23.6 Å². The molecule has 116 valence electrons. The number of benzene rings is 1. The van der Waals surface area contributed by atoms with E-state index in [4.69, 9.17) is 4.74 Å². The van der Waals surface area contributed by atoms with Crippen LogP contribution in [-0.2, 0) is 9.53 Å². The van der Waals surface area contributed by atoms with Gasteiger partial charge in [0.05, 0.1) is 18.6 Å². The molecule has 1 unspecified atom stereocenters. The van der Waals surface area contributed by atoms with Crippen LogP contribution in [0.2, 0.25) is 0 Å². The zero-order chi connectivity index (χ0) is 16.0. The van der Waals surface area contributed by atoms with Crippen LogP contribution in [0.5, 0.6) is 5.75 Å². The number of nitrogens with one attached hydrogen (secondary N) is 1. The van der Waals surface area contributed by atoms with Gasteiger partial charge in [0.2, 0.25) is 5.75 Å². The van der Waals surface area contributed by atoms with Gasteiger partial charge in [-0.15, -0.1) is 0 Å². The maximum Gasteiger partial charge on any atom is 0.325 e. The zero-order valence-corrected chi connectivity index (χ0v) is 12.0. The topological polar surface area (TPSA) is 90.7 Å². The van der Waals surface area contributed by atoms with Crippen molar-refractivity contribution in [2.24, 2.45) is 0 Å². The average molecular weight is 300 g/mol. The molecule has 1 aromatic rings. The lowest BCUT2D eigenvalue weighted by molar-refractivity contribution is -0.386. The van der Waals surface area contributed by atoms with Gasteiger partial charge >= 0.3 is 11.7 Å². The number of methoxy groups -OCH3 is 1. The van der Waals surface area contributed by atoms with Crippen molar-refractivity contribution in [3.05, 3.63) is 34.1 Å². The standard InChI is InChI=1S/C13H17FN2O5/c1-13(15-2,12(17)20-3)7-8-21-11-9(14)5-4-6-10(11)16(18)19/h4-6,15H,7-8H2,1-3H3. The Hall–Kier alpha value is -2.22. The van der Waals surface area contributed by atoms with Crippen LogP contribution in [-0.4, -0.2) is 37.2 Å². The lowest BCUT2D eigenvalue weighted by Gasteiger charge is -2.25. The smallest absolute Gasteiger partial charge is 0.325 e. The number of nitrogens with zero attached hydrogens (tertiary/aromatic N) is 1. The zero-order valence-electron chi connectivity index (χ0n) is 12.0. The van der Waals surface area contributed by atoms with Crippen molar-refractivity contribution in [2.45, 2.75) is 18.9 Å². The predicted molar refractivity (Wildman–Crippen MR) is 72.6 cm³/mol. The first kappa shape index (κ1) is 16.8. The first-order valence-corrected chi connectivity index (χ1v) is 6.18. The lowest BCUT2D eigenvalue weighted by atomic mass is 9.99. The second kappa shape index (κ2) is 6.98. The van der Waals surface area contributed by atoms with Crippen molar-refractivity contribution in [3.8, 4) is 5.75 Å². The van der Waals surface area contributed by atoms with Crippen molar-refractivity contribution in [1.29, 1.82) is 0 Å². The van der Waals surface area contributed by atoms with Crippen molar-refractivity contribution in [3.63, 3.8) is 0 Å². The van der Waals surface area contributed by atoms with E-state index in [0.29, 0.717) is 0 Å². The number of likely N-dealkylation sites (N-methyl/N-ethyl adjacent to an activating group) is 1. The Morgan fingerprint density at radius 2 is 2.19 bits per heavy atom. The highest BCUT2D eigenvalue weighted by Gasteiger charge is 2.32. The number of para-hydroxylation sites is 1. The number of ether oxygens (including phenoxy) is 2. The molecule has 8 heteroatoms. The van der Waals surface area contributed by atoms with Gasteiger partial charge in [-0.05, 0) is 20.0 Å². The summed E-state index contributed by atoms with van der Waals surface area (Å²) in [6, 6.07) is 3.45. The van der Waals surface area contributed by atoms with Gasteiger partial charge in [0.1, 0.15) is 5.54 Å². The molecule has 7 nitrogen and oxygen atoms in total. The first-order chi connectivity index (χ1) is 9.85. The molecule has 1 atom stereocenters. The number of esters is 1. The van der Waals surface area contributed by atoms with E-state index in [9.17, 15) is 19.3 Å². The van der Waals surface area contributed by atoms with Gasteiger partial charge in [-0.1, -0.05) is 6.07 Å². The van der Waals surface area contributed by atoms with Crippen molar-refractivity contribution in [2.75, 3.05) is 20.8 Å². The molecular formula is C13H17FN2O5. The molecule has 0 heterocycles. The summed E-state index contributed by atoms with van der Waals surface area (Å²) in [6.07, 6.45) is 0.154. The van der Waals surface area contributed by atoms with Gasteiger partial charge in [0, 0.05) is 12.5 Å². The maximum absolute atomic E-state index is 13.6. The van der Waals surface area contributed by atoms with E-state index in [1.807, 2.05) is 0 Å². The SMILES string of the molecule is CNC(C)(CCOc1c(F)cccc1[N+](=O)[O-])C(=O)OC. The van der Waals surface area contributed by atoms with Crippen LogP contribution in [0, 0.1) is 15.9 Å². The quantitative estimate of drug-likeness (QED) is 0.468. The molecule has 1 N–H and O–H groups in total. The minimum absolute atomic E-state index is 0.0891. The molecule has 0 aliphatic rings. The normalized spacial score (nSPS) is 13.3. The van der Waals surface area contributed by atoms with Crippen LogP contribution in [0.1, 0.15) is 13.3 Å². The van der Waals surface area contributed by atoms with Crippen LogP contribution in [0.3, 0.4) is 0 Å². The monoisotopic (exact) mass is 300 g/mol. The molecule has 0 saturated heterocycles. The number of hydrogen-bond acceptors (Lipinski definition) is 6. The Balaban J connectivity index is 2.81. The fourth-order valence-electron chi connectivity index (χ4n) is 1.70. The van der Waals surface area contributed by atoms with Crippen LogP contribution in [0.25, 0.3) is 0 Å². The summed E-state index contributed by atoms with van der Waals surface area (Å²) in [7, 11) is 2.82. The second-order valence-electron chi connectivity index (χ2n) is 4.52. The molecule has 21 heavy (non-hydrogen) atoms. The molecule has 1 rings (SSSR count). The number of halogens is 1. The van der Waals surface area contributed by atoms with Gasteiger partial charge in [-0.3, -0.25) is 14.9 Å². The largest absolute Gasteiger partial charge is 0.485 e. The Morgan fingerprint density at radius 1 is 1.52 bits per heavy atom. The van der Waals surface area contributed by atoms with E-state index in [1.54, 1.807) is 14.0 Å². The minimum Gasteiger partial charge on any atom is -0.485 e. The first-order valence-electron chi connectivity index (χ1n) is 6.18. The fraction of sp³-hybridized carbons (Fsp3) is 0.462. The average Bonchev–Trinajstić information content (AvgIpc) is 2.47. The number of carbonyl (C=O) groups excluding carboxylic acids is 1. The van der Waals surface area contributed by atoms with Crippen molar-refractivity contribution in [1.82, 2.24) is 5.32 Å². The number of rotatable bonds is 7. The highest BCUT2D eigenvalue weighted by molar-refractivity contribution is 5.80. The molecule has 0 aliphatic carbocycles. The van der Waals surface area contributed by atoms with Gasteiger partial charge in [0.15, 0.2) is 5.82 Å². The van der Waals surface area contributed by atoms with E-state index >= 15 is 0 Å². The van der Waals surface area contributed by atoms with Crippen LogP contribution in [0.4, 0.5) is 10.1 Å². The second-order valence-corrected chi connectivity index (χ2v) is 4.52. The summed E-state index contributed by atoms with van der Waals surface area (Å²) >= 11 is 0. The Kier molecular flexibility index (Phi) is 5.60. The molecule has 1 aromatic carbocycles. The highest BCUT2D eigenvalue weighted by Crippen LogP contribution is 2.30. The van der Waals surface area contributed by atoms with E-state index in [-0.39, 0.29) is 13.0 Å². The van der Waals surface area contributed by atoms with E-state index in [1.165, 1.54) is 13.2 Å². The molecule has 0 aliphatic heterocycles. The third-order valence-corrected chi connectivity index (χ3v) is 3.18. The number of carbonyl (C=O) groups is 1. The van der Waals surface area contributed by atoms with E-state index in [2.05, 4.69) is 10.1 Å². The Bertz CT molecular complexity index is 537. The summed E-state index contributed by atoms with van der Waals surface area (Å²) < 4.78 is 23.4. The van der Waals surface area contributed by atoms with Gasteiger partial charge in [-0.2, -0.15) is 0 Å². The summed E-state index contributed by atoms with van der Waals surface area (Å²) in [4.78, 5) is 21.7. The third kappa shape index (κ3) is 3.88. The molecule has 0 bridgehead atoms.